The normalized spacial score (nSPS) is 12.2. The third kappa shape index (κ3) is 6.22. The fraction of sp³-hybridized carbons (Fsp3) is 0.286. The highest BCUT2D eigenvalue weighted by atomic mass is 32.2. The average Bonchev–Trinajstić information content (AvgIpc) is 3.53. The molecule has 2 heterocycles. The number of aryl methyl sites for hydroxylation is 2. The number of aliphatic hydroxyl groups is 1. The molecule has 0 aliphatic carbocycles. The molecular weight excluding hydrogens is 514 g/mol. The van der Waals surface area contributed by atoms with Gasteiger partial charge in [0, 0.05) is 26.4 Å². The van der Waals surface area contributed by atoms with Crippen LogP contribution in [-0.4, -0.2) is 53.4 Å². The number of aliphatic hydroxyl groups excluding tert-OH is 1. The third-order valence-electron chi connectivity index (χ3n) is 6.51. The van der Waals surface area contributed by atoms with Gasteiger partial charge in [-0.3, -0.25) is 9.13 Å². The van der Waals surface area contributed by atoms with Crippen LogP contribution in [-0.2, 0) is 20.6 Å². The molecule has 0 radical (unpaired) electrons. The summed E-state index contributed by atoms with van der Waals surface area (Å²) in [5.41, 5.74) is 4.32. The van der Waals surface area contributed by atoms with E-state index in [0.29, 0.717) is 11.3 Å². The second-order valence-electron chi connectivity index (χ2n) is 9.21. The number of tetrazole rings is 1. The number of benzene rings is 3. The van der Waals surface area contributed by atoms with Crippen LogP contribution in [0.15, 0.2) is 82.7 Å². The molecule has 3 aromatic carbocycles. The van der Waals surface area contributed by atoms with E-state index >= 15 is 0 Å². The summed E-state index contributed by atoms with van der Waals surface area (Å²) in [7, 11) is 3.47. The molecule has 0 spiro atoms. The van der Waals surface area contributed by atoms with E-state index in [-0.39, 0.29) is 12.3 Å². The smallest absolute Gasteiger partial charge is 0.328 e. The monoisotopic (exact) mass is 545 g/mol. The van der Waals surface area contributed by atoms with Gasteiger partial charge in [0.2, 0.25) is 5.16 Å². The molecule has 10 nitrogen and oxygen atoms in total. The van der Waals surface area contributed by atoms with E-state index in [9.17, 15) is 9.90 Å². The average molecular weight is 546 g/mol. The topological polar surface area (TPSA) is 112 Å². The second-order valence-corrected chi connectivity index (χ2v) is 10.3. The van der Waals surface area contributed by atoms with Gasteiger partial charge in [0.1, 0.15) is 18.5 Å². The summed E-state index contributed by atoms with van der Waals surface area (Å²) in [5, 5.41) is 26.9. The first-order chi connectivity index (χ1) is 19.0. The van der Waals surface area contributed by atoms with Gasteiger partial charge in [-0.15, -0.1) is 5.10 Å². The molecule has 2 aromatic heterocycles. The Bertz CT molecular complexity index is 1580. The number of rotatable bonds is 12. The van der Waals surface area contributed by atoms with E-state index < -0.39 is 6.10 Å². The molecule has 0 aliphatic heterocycles. The zero-order chi connectivity index (χ0) is 27.2. The minimum Gasteiger partial charge on any atom is -0.491 e. The number of nitrogens with zero attached hydrogens (tertiary/aromatic N) is 6. The maximum Gasteiger partial charge on any atom is 0.328 e. The van der Waals surface area contributed by atoms with Crippen LogP contribution in [0.1, 0.15) is 23.7 Å². The van der Waals surface area contributed by atoms with Crippen molar-refractivity contribution in [2.24, 2.45) is 14.1 Å². The van der Waals surface area contributed by atoms with Crippen LogP contribution in [0.4, 0.5) is 0 Å². The summed E-state index contributed by atoms with van der Waals surface area (Å²) in [6.45, 7) is 1.75. The van der Waals surface area contributed by atoms with Crippen molar-refractivity contribution >= 4 is 22.8 Å². The Labute approximate surface area is 230 Å². The molecule has 5 aromatic rings. The Morgan fingerprint density at radius 3 is 2.56 bits per heavy atom. The highest BCUT2D eigenvalue weighted by Gasteiger charge is 2.14. The zero-order valence-corrected chi connectivity index (χ0v) is 22.7. The van der Waals surface area contributed by atoms with Gasteiger partial charge in [0.25, 0.3) is 0 Å². The van der Waals surface area contributed by atoms with Crippen LogP contribution in [0, 0.1) is 0 Å². The Morgan fingerprint density at radius 1 is 1.00 bits per heavy atom. The lowest BCUT2D eigenvalue weighted by Crippen LogP contribution is -2.19. The van der Waals surface area contributed by atoms with E-state index in [0.717, 1.165) is 52.7 Å². The van der Waals surface area contributed by atoms with E-state index in [4.69, 9.17) is 4.74 Å². The van der Waals surface area contributed by atoms with Crippen molar-refractivity contribution in [2.75, 3.05) is 18.9 Å². The molecule has 1 atom stereocenters. The molecule has 0 aliphatic rings. The van der Waals surface area contributed by atoms with Crippen LogP contribution >= 0.6 is 11.8 Å². The SMILES string of the molecule is Cn1c(=O)n(C)c2cc([C@@H](O)COc3ccc(CNCCCSc4nnnn4-c4ccccc4)cc3)ccc21. The molecular formula is C28H31N7O3S. The summed E-state index contributed by atoms with van der Waals surface area (Å²) >= 11 is 1.64. The molecule has 11 heteroatoms. The number of fused-ring (bicyclic) bond motifs is 1. The number of hydrogen-bond acceptors (Lipinski definition) is 8. The van der Waals surface area contributed by atoms with Gasteiger partial charge in [0.15, 0.2) is 0 Å². The van der Waals surface area contributed by atoms with Crippen molar-refractivity contribution in [3.8, 4) is 11.4 Å². The first-order valence-electron chi connectivity index (χ1n) is 12.7. The van der Waals surface area contributed by atoms with Gasteiger partial charge in [-0.05, 0) is 70.9 Å². The predicted octanol–water partition coefficient (Wildman–Crippen LogP) is 3.24. The summed E-state index contributed by atoms with van der Waals surface area (Å²) < 4.78 is 10.7. The molecule has 0 amide bonds. The highest BCUT2D eigenvalue weighted by molar-refractivity contribution is 7.99. The van der Waals surface area contributed by atoms with Gasteiger partial charge in [-0.2, -0.15) is 4.68 Å². The van der Waals surface area contributed by atoms with Crippen molar-refractivity contribution in [3.63, 3.8) is 0 Å². The third-order valence-corrected chi connectivity index (χ3v) is 7.52. The molecule has 202 valence electrons. The number of imidazole rings is 1. The Kier molecular flexibility index (Phi) is 8.40. The van der Waals surface area contributed by atoms with Crippen molar-refractivity contribution in [1.82, 2.24) is 34.7 Å². The van der Waals surface area contributed by atoms with Crippen molar-refractivity contribution in [1.29, 1.82) is 0 Å². The van der Waals surface area contributed by atoms with Crippen molar-refractivity contribution < 1.29 is 9.84 Å². The standard InChI is InChI=1S/C28H31N7O3S/c1-33-24-14-11-21(17-25(24)34(2)28(33)37)26(36)19-38-23-12-9-20(10-13-23)18-29-15-6-16-39-27-30-31-32-35(27)22-7-4-3-5-8-22/h3-5,7-14,17,26,29,36H,6,15-16,18-19H2,1-2H3/t26-/m0/s1. The van der Waals surface area contributed by atoms with E-state index in [1.54, 1.807) is 39.7 Å². The van der Waals surface area contributed by atoms with Crippen LogP contribution in [0.3, 0.4) is 0 Å². The van der Waals surface area contributed by atoms with Crippen LogP contribution < -0.4 is 15.7 Å². The van der Waals surface area contributed by atoms with E-state index in [2.05, 4.69) is 20.8 Å². The summed E-state index contributed by atoms with van der Waals surface area (Å²) in [5.74, 6) is 1.60. The van der Waals surface area contributed by atoms with E-state index in [1.807, 2.05) is 72.8 Å². The zero-order valence-electron chi connectivity index (χ0n) is 21.9. The molecule has 39 heavy (non-hydrogen) atoms. The van der Waals surface area contributed by atoms with Gasteiger partial charge in [-0.1, -0.05) is 48.2 Å². The predicted molar refractivity (Wildman–Crippen MR) is 151 cm³/mol. The minimum absolute atomic E-state index is 0.0942. The fourth-order valence-corrected chi connectivity index (χ4v) is 5.13. The molecule has 5 rings (SSSR count). The number of para-hydroxylation sites is 1. The Hall–Kier alpha value is -3.93. The number of thioether (sulfide) groups is 1. The maximum atomic E-state index is 12.1. The van der Waals surface area contributed by atoms with Crippen molar-refractivity contribution in [2.45, 2.75) is 24.2 Å². The van der Waals surface area contributed by atoms with Gasteiger partial charge >= 0.3 is 5.69 Å². The van der Waals surface area contributed by atoms with Gasteiger partial charge < -0.3 is 15.2 Å². The molecule has 0 saturated heterocycles. The molecule has 0 bridgehead atoms. The minimum atomic E-state index is -0.804. The molecule has 2 N–H and O–H groups in total. The first kappa shape index (κ1) is 26.7. The maximum absolute atomic E-state index is 12.1. The summed E-state index contributed by atoms with van der Waals surface area (Å²) in [6.07, 6.45) is 0.176. The molecule has 0 unspecified atom stereocenters. The highest BCUT2D eigenvalue weighted by Crippen LogP contribution is 2.22. The second kappa shape index (κ2) is 12.3. The van der Waals surface area contributed by atoms with Gasteiger partial charge in [0.05, 0.1) is 16.7 Å². The van der Waals surface area contributed by atoms with Gasteiger partial charge in [-0.25, -0.2) is 4.79 Å². The largest absolute Gasteiger partial charge is 0.491 e. The number of hydrogen-bond donors (Lipinski definition) is 2. The van der Waals surface area contributed by atoms with Crippen LogP contribution in [0.5, 0.6) is 5.75 Å². The van der Waals surface area contributed by atoms with Crippen LogP contribution in [0.25, 0.3) is 16.7 Å². The Balaban J connectivity index is 1.03. The lowest BCUT2D eigenvalue weighted by molar-refractivity contribution is 0.108. The lowest BCUT2D eigenvalue weighted by Gasteiger charge is -2.14. The lowest BCUT2D eigenvalue weighted by atomic mass is 10.1. The molecule has 0 saturated carbocycles. The van der Waals surface area contributed by atoms with Crippen molar-refractivity contribution in [3.05, 3.63) is 94.4 Å². The Morgan fingerprint density at radius 2 is 1.77 bits per heavy atom. The number of nitrogens with one attached hydrogen (secondary N) is 1. The first-order valence-corrected chi connectivity index (χ1v) is 13.7. The summed E-state index contributed by atoms with van der Waals surface area (Å²) in [6, 6.07) is 23.2. The summed E-state index contributed by atoms with van der Waals surface area (Å²) in [4.78, 5) is 12.1. The fourth-order valence-electron chi connectivity index (χ4n) is 4.30. The van der Waals surface area contributed by atoms with E-state index in [1.165, 1.54) is 0 Å². The molecule has 0 fully saturated rings. The number of ether oxygens (including phenoxy) is 1. The van der Waals surface area contributed by atoms with Crippen LogP contribution in [0.2, 0.25) is 0 Å². The number of aromatic nitrogens is 6. The quantitative estimate of drug-likeness (QED) is 0.182.